The molecular formula is C21H34O3. The second-order valence-corrected chi connectivity index (χ2v) is 8.51. The second-order valence-electron chi connectivity index (χ2n) is 8.51. The molecule has 24 heavy (non-hydrogen) atoms. The van der Waals surface area contributed by atoms with E-state index in [1.807, 2.05) is 13.0 Å². The molecule has 0 aromatic heterocycles. The minimum atomic E-state index is -0.619. The van der Waals surface area contributed by atoms with Crippen LogP contribution >= 0.6 is 0 Å². The number of carboxylic acid groups (broad SMARTS) is 1. The summed E-state index contributed by atoms with van der Waals surface area (Å²) in [6.45, 7) is 10.8. The van der Waals surface area contributed by atoms with Gasteiger partial charge in [-0.05, 0) is 76.0 Å². The van der Waals surface area contributed by atoms with Gasteiger partial charge in [0.1, 0.15) is 0 Å². The summed E-state index contributed by atoms with van der Waals surface area (Å²) < 4.78 is 0. The highest BCUT2D eigenvalue weighted by Gasteiger charge is 2.57. The molecule has 2 rings (SSSR count). The maximum absolute atomic E-state index is 12.0. The van der Waals surface area contributed by atoms with Crippen molar-refractivity contribution in [1.82, 2.24) is 0 Å². The number of aliphatic carboxylic acids is 1. The van der Waals surface area contributed by atoms with Crippen molar-refractivity contribution in [2.24, 2.45) is 22.7 Å². The number of hydrogen-bond donors (Lipinski definition) is 2. The molecule has 2 saturated carbocycles. The first-order chi connectivity index (χ1) is 11.3. The maximum Gasteiger partial charge on any atom is 0.309 e. The molecule has 0 saturated heterocycles. The Bertz CT molecular complexity index is 521. The SMILES string of the molecule is C=C1CCC2C(C)(C(=O)O)CCCC2(C)C1CCCC(C)=CCO. The molecule has 2 aliphatic carbocycles. The fourth-order valence-corrected chi connectivity index (χ4v) is 5.58. The van der Waals surface area contributed by atoms with E-state index >= 15 is 0 Å². The first-order valence-electron chi connectivity index (χ1n) is 9.43. The number of carboxylic acids is 1. The number of hydrogen-bond acceptors (Lipinski definition) is 2. The number of aliphatic hydroxyl groups excluding tert-OH is 1. The molecule has 2 aliphatic rings. The quantitative estimate of drug-likeness (QED) is 0.675. The van der Waals surface area contributed by atoms with Crippen LogP contribution in [0.2, 0.25) is 0 Å². The third-order valence-corrected chi connectivity index (χ3v) is 7.01. The zero-order valence-electron chi connectivity index (χ0n) is 15.6. The molecule has 3 nitrogen and oxygen atoms in total. The van der Waals surface area contributed by atoms with Gasteiger partial charge in [-0.1, -0.05) is 37.1 Å². The van der Waals surface area contributed by atoms with E-state index in [1.54, 1.807) is 0 Å². The van der Waals surface area contributed by atoms with E-state index < -0.39 is 11.4 Å². The summed E-state index contributed by atoms with van der Waals surface area (Å²) in [6, 6.07) is 0. The number of allylic oxidation sites excluding steroid dienone is 2. The third kappa shape index (κ3) is 3.46. The second kappa shape index (κ2) is 7.43. The topological polar surface area (TPSA) is 57.5 Å². The van der Waals surface area contributed by atoms with E-state index in [2.05, 4.69) is 20.4 Å². The summed E-state index contributed by atoms with van der Waals surface area (Å²) in [5.74, 6) is 0.0596. The lowest BCUT2D eigenvalue weighted by Crippen LogP contribution is -2.53. The number of aliphatic hydroxyl groups is 1. The van der Waals surface area contributed by atoms with E-state index in [0.717, 1.165) is 51.4 Å². The normalized spacial score (nSPS) is 37.2. The molecule has 0 aliphatic heterocycles. The van der Waals surface area contributed by atoms with Gasteiger partial charge in [-0.3, -0.25) is 4.79 Å². The first kappa shape index (κ1) is 19.2. The predicted molar refractivity (Wildman–Crippen MR) is 97.7 cm³/mol. The monoisotopic (exact) mass is 334 g/mol. The van der Waals surface area contributed by atoms with Crippen LogP contribution in [0, 0.1) is 22.7 Å². The summed E-state index contributed by atoms with van der Waals surface area (Å²) in [6.07, 6.45) is 9.91. The Morgan fingerprint density at radius 1 is 1.38 bits per heavy atom. The molecule has 0 heterocycles. The van der Waals surface area contributed by atoms with Gasteiger partial charge in [0.2, 0.25) is 0 Å². The predicted octanol–water partition coefficient (Wildman–Crippen LogP) is 4.96. The van der Waals surface area contributed by atoms with Gasteiger partial charge in [0.25, 0.3) is 0 Å². The first-order valence-corrected chi connectivity index (χ1v) is 9.43. The van der Waals surface area contributed by atoms with Crippen LogP contribution in [0.25, 0.3) is 0 Å². The van der Waals surface area contributed by atoms with Crippen molar-refractivity contribution in [2.75, 3.05) is 6.61 Å². The van der Waals surface area contributed by atoms with Crippen molar-refractivity contribution < 1.29 is 15.0 Å². The molecule has 4 atom stereocenters. The van der Waals surface area contributed by atoms with Crippen LogP contribution in [0.1, 0.15) is 72.1 Å². The fraction of sp³-hybridized carbons (Fsp3) is 0.762. The van der Waals surface area contributed by atoms with E-state index in [4.69, 9.17) is 5.11 Å². The van der Waals surface area contributed by atoms with E-state index in [1.165, 1.54) is 11.1 Å². The molecule has 136 valence electrons. The van der Waals surface area contributed by atoms with Crippen LogP contribution in [-0.2, 0) is 4.79 Å². The lowest BCUT2D eigenvalue weighted by molar-refractivity contribution is -0.164. The average molecular weight is 335 g/mol. The molecule has 2 N–H and O–H groups in total. The van der Waals surface area contributed by atoms with Crippen LogP contribution < -0.4 is 0 Å². The molecule has 3 heteroatoms. The minimum absolute atomic E-state index is 0.0648. The molecule has 0 amide bonds. The van der Waals surface area contributed by atoms with E-state index in [9.17, 15) is 9.90 Å². The van der Waals surface area contributed by atoms with Gasteiger partial charge in [-0.2, -0.15) is 0 Å². The molecular weight excluding hydrogens is 300 g/mol. The Kier molecular flexibility index (Phi) is 5.95. The summed E-state index contributed by atoms with van der Waals surface area (Å²) in [5, 5.41) is 18.8. The fourth-order valence-electron chi connectivity index (χ4n) is 5.58. The largest absolute Gasteiger partial charge is 0.481 e. The van der Waals surface area contributed by atoms with Gasteiger partial charge in [0.05, 0.1) is 12.0 Å². The molecule has 0 spiro atoms. The van der Waals surface area contributed by atoms with Gasteiger partial charge < -0.3 is 10.2 Å². The van der Waals surface area contributed by atoms with Gasteiger partial charge in [0, 0.05) is 0 Å². The summed E-state index contributed by atoms with van der Waals surface area (Å²) >= 11 is 0. The summed E-state index contributed by atoms with van der Waals surface area (Å²) in [7, 11) is 0. The highest BCUT2D eigenvalue weighted by Crippen LogP contribution is 2.62. The summed E-state index contributed by atoms with van der Waals surface area (Å²) in [5.41, 5.74) is 2.04. The Morgan fingerprint density at radius 3 is 2.71 bits per heavy atom. The van der Waals surface area contributed by atoms with Gasteiger partial charge >= 0.3 is 5.97 Å². The van der Waals surface area contributed by atoms with Crippen molar-refractivity contribution in [3.63, 3.8) is 0 Å². The zero-order chi connectivity index (χ0) is 18.0. The summed E-state index contributed by atoms with van der Waals surface area (Å²) in [4.78, 5) is 12.0. The van der Waals surface area contributed by atoms with E-state index in [0.29, 0.717) is 5.92 Å². The van der Waals surface area contributed by atoms with Crippen molar-refractivity contribution in [3.8, 4) is 0 Å². The Morgan fingerprint density at radius 2 is 2.08 bits per heavy atom. The minimum Gasteiger partial charge on any atom is -0.481 e. The van der Waals surface area contributed by atoms with Crippen LogP contribution in [0.5, 0.6) is 0 Å². The van der Waals surface area contributed by atoms with Gasteiger partial charge in [0.15, 0.2) is 0 Å². The third-order valence-electron chi connectivity index (χ3n) is 7.01. The van der Waals surface area contributed by atoms with Crippen LogP contribution in [0.3, 0.4) is 0 Å². The van der Waals surface area contributed by atoms with Crippen molar-refractivity contribution in [2.45, 2.75) is 72.1 Å². The molecule has 0 aromatic rings. The van der Waals surface area contributed by atoms with Crippen LogP contribution in [0.4, 0.5) is 0 Å². The molecule has 0 bridgehead atoms. The molecule has 0 aromatic carbocycles. The zero-order valence-corrected chi connectivity index (χ0v) is 15.6. The molecule has 0 radical (unpaired) electrons. The highest BCUT2D eigenvalue weighted by atomic mass is 16.4. The van der Waals surface area contributed by atoms with Crippen molar-refractivity contribution in [3.05, 3.63) is 23.8 Å². The lowest BCUT2D eigenvalue weighted by Gasteiger charge is -2.57. The maximum atomic E-state index is 12.0. The Labute approximate surface area is 146 Å². The van der Waals surface area contributed by atoms with Gasteiger partial charge in [-0.15, -0.1) is 0 Å². The number of carbonyl (C=O) groups is 1. The molecule has 4 unspecified atom stereocenters. The Hall–Kier alpha value is -1.09. The smallest absolute Gasteiger partial charge is 0.309 e. The number of rotatable bonds is 6. The average Bonchev–Trinajstić information content (AvgIpc) is 2.50. The number of fused-ring (bicyclic) bond motifs is 1. The highest BCUT2D eigenvalue weighted by molar-refractivity contribution is 5.75. The van der Waals surface area contributed by atoms with Crippen LogP contribution in [-0.4, -0.2) is 22.8 Å². The van der Waals surface area contributed by atoms with Crippen LogP contribution in [0.15, 0.2) is 23.8 Å². The standard InChI is InChI=1S/C21H34O3/c1-15(11-14-22)7-5-8-17-16(2)9-10-18-20(17,3)12-6-13-21(18,4)19(23)24/h11,17-18,22H,2,5-10,12-14H2,1,3-4H3,(H,23,24). The molecule has 2 fully saturated rings. The van der Waals surface area contributed by atoms with Crippen molar-refractivity contribution in [1.29, 1.82) is 0 Å². The van der Waals surface area contributed by atoms with Gasteiger partial charge in [-0.25, -0.2) is 0 Å². The lowest BCUT2D eigenvalue weighted by atomic mass is 9.46. The van der Waals surface area contributed by atoms with Crippen molar-refractivity contribution >= 4 is 5.97 Å². The van der Waals surface area contributed by atoms with E-state index in [-0.39, 0.29) is 17.9 Å². The Balaban J connectivity index is 2.16.